The minimum Gasteiger partial charge on any atom is -0.481 e. The lowest BCUT2D eigenvalue weighted by Crippen LogP contribution is -2.49. The van der Waals surface area contributed by atoms with Gasteiger partial charge >= 0.3 is 5.97 Å². The summed E-state index contributed by atoms with van der Waals surface area (Å²) in [6, 6.07) is 7.04. The van der Waals surface area contributed by atoms with E-state index in [1.165, 1.54) is 4.90 Å². The van der Waals surface area contributed by atoms with Crippen LogP contribution in [0.2, 0.25) is 0 Å². The second-order valence-electron chi connectivity index (χ2n) is 5.66. The molecule has 0 aliphatic carbocycles. The second-order valence-corrected chi connectivity index (χ2v) is 5.66. The zero-order valence-corrected chi connectivity index (χ0v) is 13.1. The number of amides is 2. The Morgan fingerprint density at radius 3 is 2.78 bits per heavy atom. The van der Waals surface area contributed by atoms with E-state index >= 15 is 0 Å². The van der Waals surface area contributed by atoms with E-state index in [-0.39, 0.29) is 37.2 Å². The summed E-state index contributed by atoms with van der Waals surface area (Å²) in [6.45, 7) is 3.51. The van der Waals surface area contributed by atoms with Crippen LogP contribution in [-0.4, -0.2) is 42.1 Å². The largest absolute Gasteiger partial charge is 0.481 e. The third kappa shape index (κ3) is 4.21. The van der Waals surface area contributed by atoms with Crippen molar-refractivity contribution < 1.29 is 24.2 Å². The molecule has 0 bridgehead atoms. The number of fused-ring (bicyclic) bond motifs is 1. The molecule has 124 valence electrons. The first-order valence-electron chi connectivity index (χ1n) is 7.44. The Kier molecular flexibility index (Phi) is 5.20. The summed E-state index contributed by atoms with van der Waals surface area (Å²) in [5.74, 6) is -1.13. The van der Waals surface area contributed by atoms with Gasteiger partial charge in [0.1, 0.15) is 12.3 Å². The molecule has 2 unspecified atom stereocenters. The first-order chi connectivity index (χ1) is 10.9. The first kappa shape index (κ1) is 16.8. The molecule has 1 heterocycles. The minimum atomic E-state index is -0.905. The van der Waals surface area contributed by atoms with Gasteiger partial charge in [-0.3, -0.25) is 19.3 Å². The Balaban J connectivity index is 2.00. The number of benzene rings is 1. The van der Waals surface area contributed by atoms with E-state index in [1.54, 1.807) is 38.1 Å². The molecule has 2 rings (SSSR count). The van der Waals surface area contributed by atoms with Crippen LogP contribution in [0.5, 0.6) is 5.75 Å². The van der Waals surface area contributed by atoms with Crippen LogP contribution in [0.1, 0.15) is 20.3 Å². The topological polar surface area (TPSA) is 95.9 Å². The van der Waals surface area contributed by atoms with Gasteiger partial charge in [-0.1, -0.05) is 19.1 Å². The Labute approximate surface area is 134 Å². The first-order valence-corrected chi connectivity index (χ1v) is 7.44. The zero-order chi connectivity index (χ0) is 17.0. The molecule has 2 amide bonds. The number of carbonyl (C=O) groups excluding carboxylic acids is 2. The summed E-state index contributed by atoms with van der Waals surface area (Å²) in [5, 5.41) is 11.4. The fourth-order valence-electron chi connectivity index (χ4n) is 2.38. The Morgan fingerprint density at radius 2 is 2.09 bits per heavy atom. The molecule has 2 atom stereocenters. The second kappa shape index (κ2) is 7.13. The molecule has 1 aromatic rings. The fraction of sp³-hybridized carbons (Fsp3) is 0.438. The summed E-state index contributed by atoms with van der Waals surface area (Å²) < 4.78 is 5.51. The van der Waals surface area contributed by atoms with E-state index < -0.39 is 12.1 Å². The Morgan fingerprint density at radius 1 is 1.39 bits per heavy atom. The van der Waals surface area contributed by atoms with E-state index in [9.17, 15) is 14.4 Å². The number of aliphatic carboxylic acids is 1. The lowest BCUT2D eigenvalue weighted by molar-refractivity contribution is -0.138. The van der Waals surface area contributed by atoms with Gasteiger partial charge in [-0.15, -0.1) is 0 Å². The van der Waals surface area contributed by atoms with Crippen molar-refractivity contribution in [3.05, 3.63) is 24.3 Å². The predicted molar refractivity (Wildman–Crippen MR) is 83.3 cm³/mol. The third-order valence-corrected chi connectivity index (χ3v) is 3.55. The molecular formula is C16H20N2O5. The number of carbonyl (C=O) groups is 3. The van der Waals surface area contributed by atoms with Crippen LogP contribution in [0.4, 0.5) is 5.69 Å². The van der Waals surface area contributed by atoms with Gasteiger partial charge in [0.25, 0.3) is 5.91 Å². The number of nitrogens with zero attached hydrogens (tertiary/aromatic N) is 1. The van der Waals surface area contributed by atoms with Crippen LogP contribution in [0.25, 0.3) is 0 Å². The maximum absolute atomic E-state index is 12.3. The molecule has 7 nitrogen and oxygen atoms in total. The SMILES string of the molecule is CC(CNC(=O)CN1C(=O)C(C)Oc2ccccc21)CC(=O)O. The zero-order valence-electron chi connectivity index (χ0n) is 13.1. The predicted octanol–water partition coefficient (Wildman–Crippen LogP) is 1.03. The molecule has 2 N–H and O–H groups in total. The van der Waals surface area contributed by atoms with Crippen molar-refractivity contribution >= 4 is 23.5 Å². The van der Waals surface area contributed by atoms with Gasteiger partial charge in [-0.25, -0.2) is 0 Å². The highest BCUT2D eigenvalue weighted by atomic mass is 16.5. The number of hydrogen-bond acceptors (Lipinski definition) is 4. The summed E-state index contributed by atoms with van der Waals surface area (Å²) in [4.78, 5) is 36.3. The molecular weight excluding hydrogens is 300 g/mol. The number of hydrogen-bond donors (Lipinski definition) is 2. The smallest absolute Gasteiger partial charge is 0.303 e. The highest BCUT2D eigenvalue weighted by molar-refractivity contribution is 6.03. The monoisotopic (exact) mass is 320 g/mol. The van der Waals surface area contributed by atoms with Gasteiger partial charge in [0.15, 0.2) is 6.10 Å². The third-order valence-electron chi connectivity index (χ3n) is 3.55. The number of para-hydroxylation sites is 2. The number of anilines is 1. The summed E-state index contributed by atoms with van der Waals surface area (Å²) >= 11 is 0. The standard InChI is InChI=1S/C16H20N2O5/c1-10(7-15(20)21)8-17-14(19)9-18-12-5-3-4-6-13(12)23-11(2)16(18)22/h3-6,10-11H,7-9H2,1-2H3,(H,17,19)(H,20,21). The Hall–Kier alpha value is -2.57. The van der Waals surface area contributed by atoms with Crippen molar-refractivity contribution in [1.82, 2.24) is 5.32 Å². The maximum Gasteiger partial charge on any atom is 0.303 e. The van der Waals surface area contributed by atoms with E-state index in [1.807, 2.05) is 0 Å². The molecule has 1 aromatic carbocycles. The molecule has 0 radical (unpaired) electrons. The van der Waals surface area contributed by atoms with Crippen LogP contribution >= 0.6 is 0 Å². The van der Waals surface area contributed by atoms with E-state index in [0.29, 0.717) is 11.4 Å². The quantitative estimate of drug-likeness (QED) is 0.816. The van der Waals surface area contributed by atoms with Crippen molar-refractivity contribution in [3.8, 4) is 5.75 Å². The molecule has 7 heteroatoms. The maximum atomic E-state index is 12.3. The van der Waals surface area contributed by atoms with Crippen LogP contribution < -0.4 is 15.0 Å². The number of nitrogens with one attached hydrogen (secondary N) is 1. The molecule has 23 heavy (non-hydrogen) atoms. The average molecular weight is 320 g/mol. The van der Waals surface area contributed by atoms with Gasteiger partial charge in [-0.05, 0) is 25.0 Å². The molecule has 1 aliphatic heterocycles. The van der Waals surface area contributed by atoms with Gasteiger partial charge in [0.05, 0.1) is 5.69 Å². The molecule has 1 aliphatic rings. The lowest BCUT2D eigenvalue weighted by atomic mass is 10.1. The number of carboxylic acids is 1. The number of rotatable bonds is 6. The number of ether oxygens (including phenoxy) is 1. The van der Waals surface area contributed by atoms with Gasteiger partial charge < -0.3 is 15.2 Å². The Bertz CT molecular complexity index is 616. The highest BCUT2D eigenvalue weighted by Crippen LogP contribution is 2.33. The van der Waals surface area contributed by atoms with Crippen molar-refractivity contribution in [3.63, 3.8) is 0 Å². The van der Waals surface area contributed by atoms with Crippen LogP contribution in [-0.2, 0) is 14.4 Å². The fourth-order valence-corrected chi connectivity index (χ4v) is 2.38. The molecule has 0 spiro atoms. The molecule has 0 fully saturated rings. The average Bonchev–Trinajstić information content (AvgIpc) is 2.49. The summed E-state index contributed by atoms with van der Waals surface area (Å²) in [5.41, 5.74) is 0.560. The normalized spacial score (nSPS) is 17.9. The van der Waals surface area contributed by atoms with Gasteiger partial charge in [0, 0.05) is 13.0 Å². The van der Waals surface area contributed by atoms with Crippen molar-refractivity contribution in [2.45, 2.75) is 26.4 Å². The van der Waals surface area contributed by atoms with Gasteiger partial charge in [-0.2, -0.15) is 0 Å². The lowest BCUT2D eigenvalue weighted by Gasteiger charge is -2.32. The number of carboxylic acid groups (broad SMARTS) is 1. The van der Waals surface area contributed by atoms with E-state index in [0.717, 1.165) is 0 Å². The van der Waals surface area contributed by atoms with Crippen LogP contribution in [0.3, 0.4) is 0 Å². The highest BCUT2D eigenvalue weighted by Gasteiger charge is 2.32. The molecule has 0 saturated heterocycles. The molecule has 0 saturated carbocycles. The van der Waals surface area contributed by atoms with E-state index in [4.69, 9.17) is 9.84 Å². The van der Waals surface area contributed by atoms with Crippen molar-refractivity contribution in [2.24, 2.45) is 5.92 Å². The molecule has 0 aromatic heterocycles. The minimum absolute atomic E-state index is 0.0172. The van der Waals surface area contributed by atoms with Crippen LogP contribution in [0, 0.1) is 5.92 Å². The van der Waals surface area contributed by atoms with Crippen molar-refractivity contribution in [2.75, 3.05) is 18.0 Å². The van der Waals surface area contributed by atoms with Crippen molar-refractivity contribution in [1.29, 1.82) is 0 Å². The van der Waals surface area contributed by atoms with E-state index in [2.05, 4.69) is 5.32 Å². The summed E-state index contributed by atoms with van der Waals surface area (Å²) in [6.07, 6.45) is -0.667. The summed E-state index contributed by atoms with van der Waals surface area (Å²) in [7, 11) is 0. The van der Waals surface area contributed by atoms with Crippen LogP contribution in [0.15, 0.2) is 24.3 Å². The van der Waals surface area contributed by atoms with Gasteiger partial charge in [0.2, 0.25) is 5.91 Å².